The third kappa shape index (κ3) is 7.52. The van der Waals surface area contributed by atoms with Crippen LogP contribution in [0.25, 0.3) is 0 Å². The summed E-state index contributed by atoms with van der Waals surface area (Å²) >= 11 is 0. The summed E-state index contributed by atoms with van der Waals surface area (Å²) in [5, 5.41) is 0. The topological polar surface area (TPSA) is 9.23 Å². The Bertz CT molecular complexity index is 681. The smallest absolute Gasteiger partial charge is 0.387 e. The van der Waals surface area contributed by atoms with Crippen molar-refractivity contribution in [3.05, 3.63) is 42.0 Å². The second kappa shape index (κ2) is 12.6. The Hall–Kier alpha value is -1.52. The maximum atomic E-state index is 13.9. The summed E-state index contributed by atoms with van der Waals surface area (Å²) in [7, 11) is 0. The van der Waals surface area contributed by atoms with Gasteiger partial charge in [-0.05, 0) is 92.7 Å². The monoisotopic (exact) mass is 454 g/mol. The van der Waals surface area contributed by atoms with Crippen molar-refractivity contribution >= 4 is 0 Å². The van der Waals surface area contributed by atoms with Gasteiger partial charge < -0.3 is 4.74 Å². The van der Waals surface area contributed by atoms with Crippen molar-refractivity contribution in [3.63, 3.8) is 0 Å². The van der Waals surface area contributed by atoms with Gasteiger partial charge in [0.2, 0.25) is 0 Å². The van der Waals surface area contributed by atoms with Crippen LogP contribution in [-0.2, 0) is 6.42 Å². The van der Waals surface area contributed by atoms with Crippen molar-refractivity contribution in [2.75, 3.05) is 0 Å². The molecule has 1 aromatic rings. The molecule has 0 atom stereocenters. The summed E-state index contributed by atoms with van der Waals surface area (Å²) in [6.45, 7) is 0.561. The molecule has 32 heavy (non-hydrogen) atoms. The van der Waals surface area contributed by atoms with Crippen LogP contribution in [0.5, 0.6) is 5.75 Å². The summed E-state index contributed by atoms with van der Waals surface area (Å²) in [5.41, 5.74) is 0.509. The Labute approximate surface area is 190 Å². The number of allylic oxidation sites excluding steroid dienone is 1. The molecule has 0 radical (unpaired) electrons. The third-order valence-corrected chi connectivity index (χ3v) is 7.83. The Balaban J connectivity index is 1.36. The number of alkyl halides is 2. The van der Waals surface area contributed by atoms with E-state index in [1.54, 1.807) is 0 Å². The number of benzene rings is 1. The fourth-order valence-electron chi connectivity index (χ4n) is 5.95. The lowest BCUT2D eigenvalue weighted by molar-refractivity contribution is -0.0546. The number of unbranched alkanes of at least 4 members (excludes halogenated alkanes) is 2. The highest BCUT2D eigenvalue weighted by Gasteiger charge is 2.30. The molecule has 0 saturated heterocycles. The van der Waals surface area contributed by atoms with Gasteiger partial charge in [0.05, 0.1) is 0 Å². The Kier molecular flexibility index (Phi) is 9.92. The molecule has 5 heteroatoms. The van der Waals surface area contributed by atoms with E-state index in [4.69, 9.17) is 0 Å². The van der Waals surface area contributed by atoms with Crippen molar-refractivity contribution in [2.45, 2.75) is 96.5 Å². The second-order valence-electron chi connectivity index (χ2n) is 9.94. The van der Waals surface area contributed by atoms with Crippen molar-refractivity contribution in [2.24, 2.45) is 23.7 Å². The predicted octanol–water partition coefficient (Wildman–Crippen LogP) is 8.86. The highest BCUT2D eigenvalue weighted by atomic mass is 19.3. The molecule has 2 fully saturated rings. The zero-order valence-corrected chi connectivity index (χ0v) is 19.1. The summed E-state index contributed by atoms with van der Waals surface area (Å²) in [4.78, 5) is 0. The van der Waals surface area contributed by atoms with E-state index in [2.05, 4.69) is 11.3 Å². The van der Waals surface area contributed by atoms with Gasteiger partial charge in [-0.3, -0.25) is 0 Å². The summed E-state index contributed by atoms with van der Waals surface area (Å²) < 4.78 is 56.3. The van der Waals surface area contributed by atoms with Gasteiger partial charge in [-0.1, -0.05) is 44.6 Å². The zero-order chi connectivity index (χ0) is 22.9. The molecular formula is C27H38F4O. The first-order valence-corrected chi connectivity index (χ1v) is 12.5. The largest absolute Gasteiger partial charge is 0.429 e. The SMILES string of the molecule is C=CCCCC[C@H]1CC[C@H]([C@H]2CC[C@H](CCc3cc(F)c(OC(F)F)c(F)c3)CC2)CC1. The predicted molar refractivity (Wildman–Crippen MR) is 121 cm³/mol. The van der Waals surface area contributed by atoms with Crippen LogP contribution in [0.2, 0.25) is 0 Å². The first-order chi connectivity index (χ1) is 15.5. The number of aryl methyl sites for hydroxylation is 1. The third-order valence-electron chi connectivity index (χ3n) is 7.83. The minimum atomic E-state index is -3.24. The first-order valence-electron chi connectivity index (χ1n) is 12.5. The lowest BCUT2D eigenvalue weighted by Crippen LogP contribution is -2.26. The van der Waals surface area contributed by atoms with Gasteiger partial charge in [-0.15, -0.1) is 6.58 Å². The number of hydrogen-bond acceptors (Lipinski definition) is 1. The van der Waals surface area contributed by atoms with Gasteiger partial charge in [0.1, 0.15) is 0 Å². The first kappa shape index (κ1) is 25.1. The molecular weight excluding hydrogens is 416 g/mol. The minimum absolute atomic E-state index is 0.509. The van der Waals surface area contributed by atoms with Crippen LogP contribution < -0.4 is 4.74 Å². The normalized spacial score (nSPS) is 26.3. The molecule has 2 saturated carbocycles. The average Bonchev–Trinajstić information content (AvgIpc) is 2.78. The number of ether oxygens (including phenoxy) is 1. The highest BCUT2D eigenvalue weighted by Crippen LogP contribution is 2.43. The summed E-state index contributed by atoms with van der Waals surface area (Å²) in [6, 6.07) is 2.25. The van der Waals surface area contributed by atoms with E-state index in [1.165, 1.54) is 70.6 Å². The molecule has 3 rings (SSSR count). The lowest BCUT2D eigenvalue weighted by Gasteiger charge is -2.38. The zero-order valence-electron chi connectivity index (χ0n) is 19.1. The molecule has 0 aliphatic heterocycles. The van der Waals surface area contributed by atoms with Crippen LogP contribution in [0.4, 0.5) is 17.6 Å². The summed E-state index contributed by atoms with van der Waals surface area (Å²) in [6.07, 6.45) is 19.0. The maximum Gasteiger partial charge on any atom is 0.387 e. The average molecular weight is 455 g/mol. The maximum absolute atomic E-state index is 13.9. The van der Waals surface area contributed by atoms with Crippen molar-refractivity contribution < 1.29 is 22.3 Å². The molecule has 1 aromatic carbocycles. The van der Waals surface area contributed by atoms with Crippen molar-refractivity contribution in [1.82, 2.24) is 0 Å². The van der Waals surface area contributed by atoms with Gasteiger partial charge in [-0.25, -0.2) is 8.78 Å². The lowest BCUT2D eigenvalue weighted by atomic mass is 9.68. The van der Waals surface area contributed by atoms with Gasteiger partial charge in [0, 0.05) is 0 Å². The fourth-order valence-corrected chi connectivity index (χ4v) is 5.95. The number of rotatable bonds is 11. The van der Waals surface area contributed by atoms with Gasteiger partial charge in [0.15, 0.2) is 17.4 Å². The summed E-state index contributed by atoms with van der Waals surface area (Å²) in [5.74, 6) is 0.122. The molecule has 0 bridgehead atoms. The molecule has 0 amide bonds. The van der Waals surface area contributed by atoms with Crippen LogP contribution in [0.3, 0.4) is 0 Å². The van der Waals surface area contributed by atoms with E-state index in [-0.39, 0.29) is 0 Å². The van der Waals surface area contributed by atoms with E-state index in [9.17, 15) is 17.6 Å². The van der Waals surface area contributed by atoms with E-state index in [0.717, 1.165) is 42.7 Å². The molecule has 0 N–H and O–H groups in total. The molecule has 2 aliphatic rings. The second-order valence-corrected chi connectivity index (χ2v) is 9.94. The van der Waals surface area contributed by atoms with Gasteiger partial charge >= 0.3 is 6.61 Å². The van der Waals surface area contributed by atoms with Crippen LogP contribution in [0, 0.1) is 35.3 Å². The van der Waals surface area contributed by atoms with Crippen LogP contribution in [0.1, 0.15) is 89.0 Å². The molecule has 180 valence electrons. The quantitative estimate of drug-likeness (QED) is 0.184. The Morgan fingerprint density at radius 2 is 1.38 bits per heavy atom. The fraction of sp³-hybridized carbons (Fsp3) is 0.704. The van der Waals surface area contributed by atoms with E-state index >= 15 is 0 Å². The molecule has 0 spiro atoms. The van der Waals surface area contributed by atoms with Crippen LogP contribution >= 0.6 is 0 Å². The molecule has 0 unspecified atom stereocenters. The van der Waals surface area contributed by atoms with Crippen molar-refractivity contribution in [3.8, 4) is 5.75 Å². The molecule has 0 aromatic heterocycles. The minimum Gasteiger partial charge on any atom is -0.429 e. The number of hydrogen-bond donors (Lipinski definition) is 0. The van der Waals surface area contributed by atoms with E-state index in [1.807, 2.05) is 6.08 Å². The standard InChI is InChI=1S/C27H38F4O/c1-2-3-4-5-6-19-9-13-22(14-10-19)23-15-11-20(12-16-23)7-8-21-17-24(28)26(25(29)18-21)32-27(30)31/h2,17-20,22-23,27H,1,3-16H2/t19-,20-,22-,23-. The van der Waals surface area contributed by atoms with Gasteiger partial charge in [-0.2, -0.15) is 8.78 Å². The highest BCUT2D eigenvalue weighted by molar-refractivity contribution is 5.31. The number of halogens is 4. The van der Waals surface area contributed by atoms with Gasteiger partial charge in [0.25, 0.3) is 0 Å². The molecule has 1 nitrogen and oxygen atoms in total. The van der Waals surface area contributed by atoms with Crippen LogP contribution in [-0.4, -0.2) is 6.61 Å². The Morgan fingerprint density at radius 1 is 0.844 bits per heavy atom. The Morgan fingerprint density at radius 3 is 1.88 bits per heavy atom. The van der Waals surface area contributed by atoms with Crippen molar-refractivity contribution in [1.29, 1.82) is 0 Å². The molecule has 0 heterocycles. The molecule has 2 aliphatic carbocycles. The van der Waals surface area contributed by atoms with E-state index in [0.29, 0.717) is 17.9 Å². The van der Waals surface area contributed by atoms with E-state index < -0.39 is 24.0 Å². The van der Waals surface area contributed by atoms with Crippen LogP contribution in [0.15, 0.2) is 24.8 Å².